The quantitative estimate of drug-likeness (QED) is 0.240. The molecule has 0 aliphatic rings. The maximum absolute atomic E-state index is 9.48. The van der Waals surface area contributed by atoms with Gasteiger partial charge >= 0.3 is 0 Å². The molecule has 0 aliphatic heterocycles. The van der Waals surface area contributed by atoms with E-state index in [2.05, 4.69) is 0 Å². The van der Waals surface area contributed by atoms with Crippen molar-refractivity contribution in [1.29, 1.82) is 0 Å². The van der Waals surface area contributed by atoms with Gasteiger partial charge in [0.1, 0.15) is 6.29 Å². The molecule has 7 heavy (non-hydrogen) atoms. The standard InChI is InChI=1S/C5H6O2/c6-4-2-1-3-5-7/h1-6H. The Balaban J connectivity index is 3.27. The summed E-state index contributed by atoms with van der Waals surface area (Å²) in [6, 6.07) is 0. The van der Waals surface area contributed by atoms with Gasteiger partial charge in [0.2, 0.25) is 0 Å². The van der Waals surface area contributed by atoms with Gasteiger partial charge in [-0.3, -0.25) is 4.79 Å². The normalized spacial score (nSPS) is 10.9. The fraction of sp³-hybridized carbons (Fsp3) is 0. The fourth-order valence-corrected chi connectivity index (χ4v) is 0.159. The van der Waals surface area contributed by atoms with Crippen molar-refractivity contribution in [3.8, 4) is 0 Å². The Morgan fingerprint density at radius 3 is 2.29 bits per heavy atom. The highest BCUT2D eigenvalue weighted by atomic mass is 16.2. The zero-order valence-corrected chi connectivity index (χ0v) is 3.74. The number of aliphatic hydroxyl groups excluding tert-OH is 1. The summed E-state index contributed by atoms with van der Waals surface area (Å²) in [5.74, 6) is 0. The third-order valence-electron chi connectivity index (χ3n) is 0.387. The van der Waals surface area contributed by atoms with Crippen molar-refractivity contribution in [2.75, 3.05) is 0 Å². The lowest BCUT2D eigenvalue weighted by Gasteiger charge is -1.63. The zero-order valence-electron chi connectivity index (χ0n) is 3.74. The van der Waals surface area contributed by atoms with Crippen LogP contribution in [0.2, 0.25) is 0 Å². The first-order chi connectivity index (χ1) is 3.41. The number of carbonyl (C=O) groups is 1. The van der Waals surface area contributed by atoms with Gasteiger partial charge in [-0.05, 0) is 12.2 Å². The van der Waals surface area contributed by atoms with Gasteiger partial charge in [0.25, 0.3) is 0 Å². The Morgan fingerprint density at radius 2 is 1.86 bits per heavy atom. The van der Waals surface area contributed by atoms with E-state index in [-0.39, 0.29) is 0 Å². The minimum atomic E-state index is 0.639. The summed E-state index contributed by atoms with van der Waals surface area (Å²) in [6.45, 7) is 0. The third kappa shape index (κ3) is 4.95. The van der Waals surface area contributed by atoms with E-state index in [0.717, 1.165) is 6.26 Å². The molecule has 2 heteroatoms. The molecule has 0 rings (SSSR count). The molecule has 0 atom stereocenters. The smallest absolute Gasteiger partial charge is 0.142 e. The van der Waals surface area contributed by atoms with E-state index < -0.39 is 0 Å². The lowest BCUT2D eigenvalue weighted by molar-refractivity contribution is -0.104. The van der Waals surface area contributed by atoms with Crippen LogP contribution >= 0.6 is 0 Å². The molecule has 1 N–H and O–H groups in total. The number of rotatable bonds is 2. The molecule has 0 unspecified atom stereocenters. The van der Waals surface area contributed by atoms with Crippen molar-refractivity contribution in [2.24, 2.45) is 0 Å². The molecule has 0 amide bonds. The number of aldehydes is 1. The van der Waals surface area contributed by atoms with Gasteiger partial charge < -0.3 is 5.11 Å². The zero-order chi connectivity index (χ0) is 5.54. The SMILES string of the molecule is O=CC=CC=CO. The summed E-state index contributed by atoms with van der Waals surface area (Å²) in [5.41, 5.74) is 0. The monoisotopic (exact) mass is 98.0 g/mol. The molecule has 0 radical (unpaired) electrons. The van der Waals surface area contributed by atoms with Crippen molar-refractivity contribution in [2.45, 2.75) is 0 Å². The van der Waals surface area contributed by atoms with Crippen LogP contribution in [0.1, 0.15) is 0 Å². The van der Waals surface area contributed by atoms with E-state index in [1.165, 1.54) is 18.2 Å². The Labute approximate surface area is 41.8 Å². The lowest BCUT2D eigenvalue weighted by atomic mass is 10.5. The van der Waals surface area contributed by atoms with Crippen LogP contribution in [-0.2, 0) is 4.79 Å². The van der Waals surface area contributed by atoms with Gasteiger partial charge in [0, 0.05) is 0 Å². The molecule has 0 aromatic carbocycles. The molecule has 0 aromatic heterocycles. The van der Waals surface area contributed by atoms with E-state index in [4.69, 9.17) is 5.11 Å². The van der Waals surface area contributed by atoms with Gasteiger partial charge in [-0.2, -0.15) is 0 Å². The molecule has 0 saturated heterocycles. The first-order valence-corrected chi connectivity index (χ1v) is 1.83. The van der Waals surface area contributed by atoms with Crippen molar-refractivity contribution in [3.63, 3.8) is 0 Å². The second-order valence-electron chi connectivity index (χ2n) is 0.863. The number of hydrogen-bond donors (Lipinski definition) is 1. The molecule has 2 nitrogen and oxygen atoms in total. The summed E-state index contributed by atoms with van der Waals surface area (Å²) in [5, 5.41) is 7.95. The molecule has 0 heterocycles. The second-order valence-corrected chi connectivity index (χ2v) is 0.863. The average molecular weight is 98.1 g/mol. The van der Waals surface area contributed by atoms with Crippen LogP contribution in [0.4, 0.5) is 0 Å². The Hall–Kier alpha value is -1.05. The molecule has 0 fully saturated rings. The summed E-state index contributed by atoms with van der Waals surface area (Å²) < 4.78 is 0. The van der Waals surface area contributed by atoms with Gasteiger partial charge in [-0.25, -0.2) is 0 Å². The maximum Gasteiger partial charge on any atom is 0.142 e. The number of allylic oxidation sites excluding steroid dienone is 3. The molecule has 0 saturated carbocycles. The predicted octanol–water partition coefficient (Wildman–Crippen LogP) is 0.813. The van der Waals surface area contributed by atoms with Gasteiger partial charge in [0.05, 0.1) is 6.26 Å². The highest BCUT2D eigenvalue weighted by molar-refractivity contribution is 5.65. The van der Waals surface area contributed by atoms with E-state index in [0.29, 0.717) is 6.29 Å². The van der Waals surface area contributed by atoms with Crippen LogP contribution in [0.25, 0.3) is 0 Å². The van der Waals surface area contributed by atoms with Crippen LogP contribution in [0.15, 0.2) is 24.5 Å². The van der Waals surface area contributed by atoms with Crippen molar-refractivity contribution >= 4 is 6.29 Å². The Bertz CT molecular complexity index is 92.3. The molecule has 0 bridgehead atoms. The van der Waals surface area contributed by atoms with Crippen molar-refractivity contribution in [3.05, 3.63) is 24.5 Å². The van der Waals surface area contributed by atoms with Crippen LogP contribution < -0.4 is 0 Å². The van der Waals surface area contributed by atoms with Gasteiger partial charge in [-0.15, -0.1) is 0 Å². The number of hydrogen-bond acceptors (Lipinski definition) is 2. The summed E-state index contributed by atoms with van der Waals surface area (Å²) >= 11 is 0. The number of aliphatic hydroxyl groups is 1. The van der Waals surface area contributed by atoms with E-state index in [9.17, 15) is 4.79 Å². The minimum absolute atomic E-state index is 0.639. The first kappa shape index (κ1) is 5.95. The van der Waals surface area contributed by atoms with Crippen LogP contribution in [0.5, 0.6) is 0 Å². The molecule has 0 aromatic rings. The largest absolute Gasteiger partial charge is 0.516 e. The molecular formula is C5H6O2. The summed E-state index contributed by atoms with van der Waals surface area (Å²) in [7, 11) is 0. The Morgan fingerprint density at radius 1 is 1.14 bits per heavy atom. The van der Waals surface area contributed by atoms with Crippen LogP contribution in [0, 0.1) is 0 Å². The molecule has 38 valence electrons. The molecular weight excluding hydrogens is 92.1 g/mol. The maximum atomic E-state index is 9.48. The first-order valence-electron chi connectivity index (χ1n) is 1.83. The third-order valence-corrected chi connectivity index (χ3v) is 0.387. The van der Waals surface area contributed by atoms with E-state index in [1.54, 1.807) is 0 Å². The predicted molar refractivity (Wildman–Crippen MR) is 27.0 cm³/mol. The van der Waals surface area contributed by atoms with Crippen LogP contribution in [-0.4, -0.2) is 11.4 Å². The summed E-state index contributed by atoms with van der Waals surface area (Å²) in [4.78, 5) is 9.48. The molecule has 0 spiro atoms. The second kappa shape index (κ2) is 4.95. The number of carbonyl (C=O) groups excluding carboxylic acids is 1. The minimum Gasteiger partial charge on any atom is -0.516 e. The highest BCUT2D eigenvalue weighted by Crippen LogP contribution is 1.68. The fourth-order valence-electron chi connectivity index (χ4n) is 0.159. The topological polar surface area (TPSA) is 37.3 Å². The van der Waals surface area contributed by atoms with Crippen molar-refractivity contribution in [1.82, 2.24) is 0 Å². The van der Waals surface area contributed by atoms with Crippen molar-refractivity contribution < 1.29 is 9.90 Å². The Kier molecular flexibility index (Phi) is 4.21. The van der Waals surface area contributed by atoms with Gasteiger partial charge in [0.15, 0.2) is 0 Å². The van der Waals surface area contributed by atoms with Crippen LogP contribution in [0.3, 0.4) is 0 Å². The lowest BCUT2D eigenvalue weighted by Crippen LogP contribution is -1.55. The van der Waals surface area contributed by atoms with E-state index >= 15 is 0 Å². The van der Waals surface area contributed by atoms with E-state index in [1.807, 2.05) is 0 Å². The highest BCUT2D eigenvalue weighted by Gasteiger charge is 1.56. The average Bonchev–Trinajstić information content (AvgIpc) is 1.69. The molecule has 0 aliphatic carbocycles. The summed E-state index contributed by atoms with van der Waals surface area (Å²) in [6.07, 6.45) is 5.58. The van der Waals surface area contributed by atoms with Gasteiger partial charge in [-0.1, -0.05) is 6.08 Å².